The van der Waals surface area contributed by atoms with Crippen LogP contribution in [0, 0.1) is 5.82 Å². The molecule has 0 saturated heterocycles. The highest BCUT2D eigenvalue weighted by Gasteiger charge is 2.19. The van der Waals surface area contributed by atoms with Crippen molar-refractivity contribution in [2.45, 2.75) is 24.4 Å². The third-order valence-electron chi connectivity index (χ3n) is 3.20. The van der Waals surface area contributed by atoms with Crippen LogP contribution in [0.4, 0.5) is 4.39 Å². The number of halogens is 2. The van der Waals surface area contributed by atoms with Gasteiger partial charge in [-0.2, -0.15) is 0 Å². The molecule has 0 amide bonds. The molecule has 2 N–H and O–H groups in total. The van der Waals surface area contributed by atoms with Crippen molar-refractivity contribution in [1.82, 2.24) is 14.9 Å². The Bertz CT molecular complexity index is 593. The molecule has 1 atom stereocenters. The quantitative estimate of drug-likeness (QED) is 0.790. The van der Waals surface area contributed by atoms with Crippen molar-refractivity contribution in [3.05, 3.63) is 28.5 Å². The van der Waals surface area contributed by atoms with Gasteiger partial charge < -0.3 is 10.2 Å². The fraction of sp³-hybridized carbons (Fsp3) is 0.538. The maximum Gasteiger partial charge on any atom is 0.240 e. The molecule has 8 heteroatoms. The zero-order valence-electron chi connectivity index (χ0n) is 12.6. The summed E-state index contributed by atoms with van der Waals surface area (Å²) in [7, 11) is 1.61. The van der Waals surface area contributed by atoms with Gasteiger partial charge in [-0.15, -0.1) is 0 Å². The van der Waals surface area contributed by atoms with Gasteiger partial charge in [0.2, 0.25) is 10.0 Å². The number of hydrogen-bond acceptors (Lipinski definition) is 4. The molecule has 1 aromatic carbocycles. The summed E-state index contributed by atoms with van der Waals surface area (Å²) < 4.78 is 40.7. The number of sulfonamides is 1. The van der Waals surface area contributed by atoms with E-state index in [2.05, 4.69) is 10.0 Å². The fourth-order valence-electron chi connectivity index (χ4n) is 1.59. The molecule has 0 aliphatic rings. The largest absolute Gasteiger partial charge is 0.316 e. The van der Waals surface area contributed by atoms with E-state index < -0.39 is 15.8 Å². The minimum absolute atomic E-state index is 0.0219. The Morgan fingerprint density at radius 3 is 2.52 bits per heavy atom. The van der Waals surface area contributed by atoms with E-state index in [4.69, 9.17) is 11.6 Å². The molecule has 0 bridgehead atoms. The van der Waals surface area contributed by atoms with Crippen LogP contribution in [0.2, 0.25) is 5.02 Å². The predicted octanol–water partition coefficient (Wildman–Crippen LogP) is 1.43. The van der Waals surface area contributed by atoms with E-state index in [-0.39, 0.29) is 29.0 Å². The molecule has 21 heavy (non-hydrogen) atoms. The molecule has 1 unspecified atom stereocenters. The molecule has 0 heterocycles. The van der Waals surface area contributed by atoms with Crippen LogP contribution in [0.15, 0.2) is 17.0 Å². The van der Waals surface area contributed by atoms with E-state index in [1.54, 1.807) is 7.05 Å². The van der Waals surface area contributed by atoms with Crippen LogP contribution in [-0.4, -0.2) is 47.0 Å². The zero-order chi connectivity index (χ0) is 16.2. The van der Waals surface area contributed by atoms with Crippen molar-refractivity contribution >= 4 is 21.6 Å². The first-order valence-corrected chi connectivity index (χ1v) is 8.33. The molecule has 0 saturated carbocycles. The van der Waals surface area contributed by atoms with Gasteiger partial charge in [0.15, 0.2) is 0 Å². The van der Waals surface area contributed by atoms with Gasteiger partial charge in [-0.25, -0.2) is 17.5 Å². The van der Waals surface area contributed by atoms with E-state index in [1.165, 1.54) is 6.07 Å². The van der Waals surface area contributed by atoms with Crippen molar-refractivity contribution in [1.29, 1.82) is 0 Å². The smallest absolute Gasteiger partial charge is 0.240 e. The Labute approximate surface area is 130 Å². The summed E-state index contributed by atoms with van der Waals surface area (Å²) in [6, 6.07) is 2.34. The first-order chi connectivity index (χ1) is 9.69. The molecule has 1 rings (SSSR count). The van der Waals surface area contributed by atoms with E-state index in [0.717, 1.165) is 6.07 Å². The molecule has 5 nitrogen and oxygen atoms in total. The summed E-state index contributed by atoms with van der Waals surface area (Å²) in [6.45, 7) is 2.41. The maximum absolute atomic E-state index is 13.8. The summed E-state index contributed by atoms with van der Waals surface area (Å²) in [6.07, 6.45) is 0. The molecule has 0 fully saturated rings. The van der Waals surface area contributed by atoms with Crippen molar-refractivity contribution in [2.24, 2.45) is 0 Å². The lowest BCUT2D eigenvalue weighted by Crippen LogP contribution is -2.38. The monoisotopic (exact) mass is 337 g/mol. The molecule has 0 aliphatic heterocycles. The Morgan fingerprint density at radius 2 is 2.00 bits per heavy atom. The Balaban J connectivity index is 3.03. The van der Waals surface area contributed by atoms with Crippen LogP contribution >= 0.6 is 11.6 Å². The van der Waals surface area contributed by atoms with Gasteiger partial charge in [-0.1, -0.05) is 11.6 Å². The summed E-state index contributed by atoms with van der Waals surface area (Å²) in [4.78, 5) is 1.76. The lowest BCUT2D eigenvalue weighted by Gasteiger charge is -2.20. The number of nitrogens with zero attached hydrogens (tertiary/aromatic N) is 1. The Morgan fingerprint density at radius 1 is 1.38 bits per heavy atom. The Kier molecular flexibility index (Phi) is 6.55. The number of nitrogens with one attached hydrogen (secondary N) is 2. The third-order valence-corrected chi connectivity index (χ3v) is 5.03. The highest BCUT2D eigenvalue weighted by molar-refractivity contribution is 7.89. The van der Waals surface area contributed by atoms with Crippen LogP contribution in [0.5, 0.6) is 0 Å². The van der Waals surface area contributed by atoms with Crippen molar-refractivity contribution in [2.75, 3.05) is 27.7 Å². The normalized spacial score (nSPS) is 13.7. The van der Waals surface area contributed by atoms with Crippen LogP contribution < -0.4 is 10.0 Å². The van der Waals surface area contributed by atoms with Crippen molar-refractivity contribution in [3.8, 4) is 0 Å². The summed E-state index contributed by atoms with van der Waals surface area (Å²) in [5.74, 6) is -0.745. The predicted molar refractivity (Wildman–Crippen MR) is 82.5 cm³/mol. The highest BCUT2D eigenvalue weighted by atomic mass is 35.5. The molecule has 0 spiro atoms. The second kappa shape index (κ2) is 7.51. The molecule has 120 valence electrons. The van der Waals surface area contributed by atoms with Crippen molar-refractivity contribution in [3.63, 3.8) is 0 Å². The van der Waals surface area contributed by atoms with E-state index in [0.29, 0.717) is 5.56 Å². The van der Waals surface area contributed by atoms with Gasteiger partial charge in [0.25, 0.3) is 0 Å². The van der Waals surface area contributed by atoms with Crippen LogP contribution in [-0.2, 0) is 16.6 Å². The number of hydrogen-bond donors (Lipinski definition) is 2. The standard InChI is InChI=1S/C13H21ClFN3O2S/c1-9(18(3)4)7-17-21(19,20)11-5-10(8-16-2)13(14)12(15)6-11/h5-6,9,16-17H,7-8H2,1-4H3. The lowest BCUT2D eigenvalue weighted by molar-refractivity contribution is 0.314. The van der Waals surface area contributed by atoms with E-state index >= 15 is 0 Å². The average Bonchev–Trinajstić information content (AvgIpc) is 2.41. The molecule has 0 radical (unpaired) electrons. The van der Waals surface area contributed by atoms with Crippen molar-refractivity contribution < 1.29 is 12.8 Å². The van der Waals surface area contributed by atoms with Gasteiger partial charge in [-0.3, -0.25) is 0 Å². The maximum atomic E-state index is 13.8. The molecule has 1 aromatic rings. The second-order valence-electron chi connectivity index (χ2n) is 5.07. The summed E-state index contributed by atoms with van der Waals surface area (Å²) >= 11 is 5.83. The highest BCUT2D eigenvalue weighted by Crippen LogP contribution is 2.24. The molecular formula is C13H21ClFN3O2S. The van der Waals surface area contributed by atoms with Gasteiger partial charge in [0.05, 0.1) is 9.92 Å². The van der Waals surface area contributed by atoms with E-state index in [1.807, 2.05) is 25.9 Å². The lowest BCUT2D eigenvalue weighted by atomic mass is 10.2. The van der Waals surface area contributed by atoms with Gasteiger partial charge in [0.1, 0.15) is 5.82 Å². The van der Waals surface area contributed by atoms with E-state index in [9.17, 15) is 12.8 Å². The first kappa shape index (κ1) is 18.3. The van der Waals surface area contributed by atoms with Crippen LogP contribution in [0.3, 0.4) is 0 Å². The van der Waals surface area contributed by atoms with Gasteiger partial charge >= 0.3 is 0 Å². The van der Waals surface area contributed by atoms with Crippen LogP contribution in [0.1, 0.15) is 12.5 Å². The summed E-state index contributed by atoms with van der Waals surface area (Å²) in [5.41, 5.74) is 0.403. The minimum Gasteiger partial charge on any atom is -0.316 e. The minimum atomic E-state index is -3.77. The SMILES string of the molecule is CNCc1cc(S(=O)(=O)NCC(C)N(C)C)cc(F)c1Cl. The number of likely N-dealkylation sites (N-methyl/N-ethyl adjacent to an activating group) is 1. The fourth-order valence-corrected chi connectivity index (χ4v) is 2.95. The Hall–Kier alpha value is -0.730. The molecular weight excluding hydrogens is 317 g/mol. The summed E-state index contributed by atoms with van der Waals surface area (Å²) in [5, 5.41) is 2.76. The second-order valence-corrected chi connectivity index (χ2v) is 7.22. The van der Waals surface area contributed by atoms with Gasteiger partial charge in [0, 0.05) is 19.1 Å². The third kappa shape index (κ3) is 4.89. The van der Waals surface area contributed by atoms with Crippen LogP contribution in [0.25, 0.3) is 0 Å². The first-order valence-electron chi connectivity index (χ1n) is 6.47. The zero-order valence-corrected chi connectivity index (χ0v) is 14.1. The topological polar surface area (TPSA) is 61.4 Å². The van der Waals surface area contributed by atoms with Gasteiger partial charge in [-0.05, 0) is 45.8 Å². The number of benzene rings is 1. The number of rotatable bonds is 7. The molecule has 0 aliphatic carbocycles. The molecule has 0 aromatic heterocycles. The average molecular weight is 338 g/mol.